The lowest BCUT2D eigenvalue weighted by atomic mass is 10.0. The lowest BCUT2D eigenvalue weighted by Crippen LogP contribution is -2.23. The Labute approximate surface area is 131 Å². The van der Waals surface area contributed by atoms with E-state index in [-0.39, 0.29) is 16.9 Å². The average molecular weight is 358 g/mol. The van der Waals surface area contributed by atoms with E-state index in [1.807, 2.05) is 25.1 Å². The maximum absolute atomic E-state index is 13.5. The van der Waals surface area contributed by atoms with Crippen LogP contribution in [0.25, 0.3) is 0 Å². The van der Waals surface area contributed by atoms with Gasteiger partial charge in [-0.25, -0.2) is 4.39 Å². The SMILES string of the molecule is CCNC(Cc1ccc(Cl)c(F)c1)c1ccc(Br)cn1. The molecule has 0 spiro atoms. The van der Waals surface area contributed by atoms with Crippen molar-refractivity contribution in [2.45, 2.75) is 19.4 Å². The fourth-order valence-corrected chi connectivity index (χ4v) is 2.38. The van der Waals surface area contributed by atoms with E-state index in [4.69, 9.17) is 11.6 Å². The van der Waals surface area contributed by atoms with Gasteiger partial charge in [-0.15, -0.1) is 0 Å². The molecular formula is C15H15BrClFN2. The molecule has 106 valence electrons. The summed E-state index contributed by atoms with van der Waals surface area (Å²) in [5.74, 6) is -0.386. The van der Waals surface area contributed by atoms with Gasteiger partial charge in [0.2, 0.25) is 0 Å². The maximum Gasteiger partial charge on any atom is 0.142 e. The molecule has 0 bridgehead atoms. The third kappa shape index (κ3) is 4.01. The van der Waals surface area contributed by atoms with Crippen LogP contribution in [-0.2, 0) is 6.42 Å². The molecule has 0 aliphatic carbocycles. The molecule has 0 radical (unpaired) electrons. The van der Waals surface area contributed by atoms with Gasteiger partial charge < -0.3 is 5.32 Å². The summed E-state index contributed by atoms with van der Waals surface area (Å²) < 4.78 is 14.4. The molecule has 0 aliphatic heterocycles. The molecule has 2 rings (SSSR count). The van der Waals surface area contributed by atoms with E-state index in [1.165, 1.54) is 6.07 Å². The van der Waals surface area contributed by atoms with Crippen LogP contribution in [0, 0.1) is 5.82 Å². The maximum atomic E-state index is 13.5. The topological polar surface area (TPSA) is 24.9 Å². The molecule has 1 N–H and O–H groups in total. The second kappa shape index (κ2) is 7.16. The number of likely N-dealkylation sites (N-methyl/N-ethyl adjacent to an activating group) is 1. The zero-order chi connectivity index (χ0) is 14.5. The molecular weight excluding hydrogens is 343 g/mol. The van der Waals surface area contributed by atoms with Crippen molar-refractivity contribution in [3.8, 4) is 0 Å². The van der Waals surface area contributed by atoms with E-state index in [0.29, 0.717) is 6.42 Å². The fraction of sp³-hybridized carbons (Fsp3) is 0.267. The van der Waals surface area contributed by atoms with Crippen molar-refractivity contribution in [2.75, 3.05) is 6.54 Å². The van der Waals surface area contributed by atoms with Gasteiger partial charge in [-0.1, -0.05) is 24.6 Å². The summed E-state index contributed by atoms with van der Waals surface area (Å²) in [7, 11) is 0. The summed E-state index contributed by atoms with van der Waals surface area (Å²) in [6.45, 7) is 2.85. The van der Waals surface area contributed by atoms with Crippen molar-refractivity contribution in [1.29, 1.82) is 0 Å². The van der Waals surface area contributed by atoms with Crippen LogP contribution in [0.4, 0.5) is 4.39 Å². The van der Waals surface area contributed by atoms with Crippen molar-refractivity contribution >= 4 is 27.5 Å². The summed E-state index contributed by atoms with van der Waals surface area (Å²) in [4.78, 5) is 4.40. The zero-order valence-corrected chi connectivity index (χ0v) is 13.4. The largest absolute Gasteiger partial charge is 0.309 e. The van der Waals surface area contributed by atoms with E-state index >= 15 is 0 Å². The van der Waals surface area contributed by atoms with Crippen LogP contribution in [0.3, 0.4) is 0 Å². The summed E-state index contributed by atoms with van der Waals surface area (Å²) in [6.07, 6.45) is 2.43. The first-order valence-electron chi connectivity index (χ1n) is 6.39. The molecule has 0 amide bonds. The molecule has 0 saturated carbocycles. The molecule has 5 heteroatoms. The number of halogens is 3. The second-order valence-electron chi connectivity index (χ2n) is 4.46. The standard InChI is InChI=1S/C15H15BrClFN2/c1-2-19-15(14-6-4-11(16)9-20-14)8-10-3-5-12(17)13(18)7-10/h3-7,9,15,19H,2,8H2,1H3. The Balaban J connectivity index is 2.20. The summed E-state index contributed by atoms with van der Waals surface area (Å²) in [5, 5.41) is 3.52. The van der Waals surface area contributed by atoms with Crippen LogP contribution >= 0.6 is 27.5 Å². The molecule has 1 aromatic heterocycles. The monoisotopic (exact) mass is 356 g/mol. The molecule has 0 fully saturated rings. The average Bonchev–Trinajstić information content (AvgIpc) is 2.43. The minimum absolute atomic E-state index is 0.0497. The van der Waals surface area contributed by atoms with Gasteiger partial charge in [-0.3, -0.25) is 4.98 Å². The van der Waals surface area contributed by atoms with Crippen molar-refractivity contribution in [1.82, 2.24) is 10.3 Å². The number of nitrogens with one attached hydrogen (secondary N) is 1. The minimum atomic E-state index is -0.386. The van der Waals surface area contributed by atoms with Crippen molar-refractivity contribution in [3.05, 3.63) is 63.1 Å². The Kier molecular flexibility index (Phi) is 5.52. The Morgan fingerprint density at radius 3 is 2.75 bits per heavy atom. The Morgan fingerprint density at radius 1 is 1.35 bits per heavy atom. The van der Waals surface area contributed by atoms with Gasteiger partial charge in [-0.05, 0) is 58.7 Å². The highest BCUT2D eigenvalue weighted by Gasteiger charge is 2.13. The predicted molar refractivity (Wildman–Crippen MR) is 83.5 cm³/mol. The Hall–Kier alpha value is -0.970. The van der Waals surface area contributed by atoms with E-state index in [1.54, 1.807) is 12.3 Å². The molecule has 1 unspecified atom stereocenters. The highest BCUT2D eigenvalue weighted by atomic mass is 79.9. The Bertz CT molecular complexity index is 575. The number of hydrogen-bond donors (Lipinski definition) is 1. The molecule has 2 nitrogen and oxygen atoms in total. The van der Waals surface area contributed by atoms with Gasteiger partial charge >= 0.3 is 0 Å². The molecule has 0 aliphatic rings. The normalized spacial score (nSPS) is 12.4. The third-order valence-corrected chi connectivity index (χ3v) is 3.76. The number of pyridine rings is 1. The van der Waals surface area contributed by atoms with E-state index in [0.717, 1.165) is 22.3 Å². The van der Waals surface area contributed by atoms with Gasteiger partial charge in [0.1, 0.15) is 5.82 Å². The van der Waals surface area contributed by atoms with Gasteiger partial charge in [0.25, 0.3) is 0 Å². The van der Waals surface area contributed by atoms with E-state index < -0.39 is 0 Å². The number of nitrogens with zero attached hydrogens (tertiary/aromatic N) is 1. The van der Waals surface area contributed by atoms with Crippen LogP contribution in [-0.4, -0.2) is 11.5 Å². The lowest BCUT2D eigenvalue weighted by molar-refractivity contribution is 0.534. The molecule has 20 heavy (non-hydrogen) atoms. The van der Waals surface area contributed by atoms with Gasteiger partial charge in [0.05, 0.1) is 16.8 Å². The van der Waals surface area contributed by atoms with Crippen molar-refractivity contribution < 1.29 is 4.39 Å². The molecule has 1 aromatic carbocycles. The highest BCUT2D eigenvalue weighted by molar-refractivity contribution is 9.10. The van der Waals surface area contributed by atoms with Crippen LogP contribution in [0.1, 0.15) is 24.2 Å². The highest BCUT2D eigenvalue weighted by Crippen LogP contribution is 2.21. The summed E-state index contributed by atoms with van der Waals surface area (Å²) in [6, 6.07) is 8.87. The number of rotatable bonds is 5. The van der Waals surface area contributed by atoms with E-state index in [2.05, 4.69) is 26.2 Å². The van der Waals surface area contributed by atoms with Gasteiger partial charge in [0, 0.05) is 10.7 Å². The quantitative estimate of drug-likeness (QED) is 0.850. The Morgan fingerprint density at radius 2 is 2.15 bits per heavy atom. The predicted octanol–water partition coefficient (Wildman–Crippen LogP) is 4.53. The fourth-order valence-electron chi connectivity index (χ4n) is 2.02. The van der Waals surface area contributed by atoms with Crippen molar-refractivity contribution in [2.24, 2.45) is 0 Å². The van der Waals surface area contributed by atoms with Crippen LogP contribution in [0.5, 0.6) is 0 Å². The second-order valence-corrected chi connectivity index (χ2v) is 5.79. The molecule has 1 atom stereocenters. The summed E-state index contributed by atoms with van der Waals surface area (Å²) >= 11 is 9.08. The van der Waals surface area contributed by atoms with Gasteiger partial charge in [0.15, 0.2) is 0 Å². The molecule has 1 heterocycles. The minimum Gasteiger partial charge on any atom is -0.309 e. The van der Waals surface area contributed by atoms with Crippen LogP contribution in [0.2, 0.25) is 5.02 Å². The smallest absolute Gasteiger partial charge is 0.142 e. The zero-order valence-electron chi connectivity index (χ0n) is 11.0. The van der Waals surface area contributed by atoms with Crippen LogP contribution in [0.15, 0.2) is 41.0 Å². The molecule has 0 saturated heterocycles. The van der Waals surface area contributed by atoms with Crippen LogP contribution < -0.4 is 5.32 Å². The van der Waals surface area contributed by atoms with E-state index in [9.17, 15) is 4.39 Å². The third-order valence-electron chi connectivity index (χ3n) is 2.98. The molecule has 2 aromatic rings. The summed E-state index contributed by atoms with van der Waals surface area (Å²) in [5.41, 5.74) is 1.83. The lowest BCUT2D eigenvalue weighted by Gasteiger charge is -2.17. The van der Waals surface area contributed by atoms with Gasteiger partial charge in [-0.2, -0.15) is 0 Å². The number of aromatic nitrogens is 1. The van der Waals surface area contributed by atoms with Crippen molar-refractivity contribution in [3.63, 3.8) is 0 Å². The number of benzene rings is 1. The first-order valence-corrected chi connectivity index (χ1v) is 7.56. The first kappa shape index (κ1) is 15.4. The number of hydrogen-bond acceptors (Lipinski definition) is 2. The first-order chi connectivity index (χ1) is 9.60.